The quantitative estimate of drug-likeness (QED) is 0.812. The molecular formula is C21H27N3OS. The van der Waals surface area contributed by atoms with E-state index in [9.17, 15) is 4.79 Å². The molecule has 1 fully saturated rings. The van der Waals surface area contributed by atoms with Crippen LogP contribution >= 0.6 is 11.8 Å². The molecular weight excluding hydrogens is 342 g/mol. The normalized spacial score (nSPS) is 16.3. The number of anilines is 2. The van der Waals surface area contributed by atoms with E-state index in [2.05, 4.69) is 65.5 Å². The molecule has 1 saturated heterocycles. The fourth-order valence-corrected chi connectivity index (χ4v) is 3.81. The summed E-state index contributed by atoms with van der Waals surface area (Å²) in [6.07, 6.45) is 0. The van der Waals surface area contributed by atoms with Gasteiger partial charge in [0.2, 0.25) is 5.91 Å². The van der Waals surface area contributed by atoms with Crippen LogP contribution in [0.5, 0.6) is 0 Å². The molecule has 1 N–H and O–H groups in total. The summed E-state index contributed by atoms with van der Waals surface area (Å²) in [4.78, 5) is 18.3. The van der Waals surface area contributed by atoms with E-state index in [1.165, 1.54) is 11.3 Å². The zero-order valence-corrected chi connectivity index (χ0v) is 16.6. The minimum absolute atomic E-state index is 0.0305. The number of nitrogens with one attached hydrogen (secondary N) is 1. The van der Waals surface area contributed by atoms with Gasteiger partial charge in [0.05, 0.1) is 5.25 Å². The molecule has 4 nitrogen and oxygen atoms in total. The van der Waals surface area contributed by atoms with Crippen LogP contribution in [0.4, 0.5) is 11.4 Å². The summed E-state index contributed by atoms with van der Waals surface area (Å²) in [5.74, 6) is 0.0305. The lowest BCUT2D eigenvalue weighted by Gasteiger charge is -2.34. The number of aryl methyl sites for hydroxylation is 1. The van der Waals surface area contributed by atoms with Crippen LogP contribution in [-0.4, -0.2) is 49.3 Å². The molecule has 0 aliphatic carbocycles. The first-order chi connectivity index (χ1) is 12.5. The zero-order chi connectivity index (χ0) is 18.5. The molecule has 0 aromatic heterocycles. The summed E-state index contributed by atoms with van der Waals surface area (Å²) in [6.45, 7) is 8.28. The van der Waals surface area contributed by atoms with Crippen LogP contribution in [0.2, 0.25) is 0 Å². The number of carbonyl (C=O) groups is 1. The number of carbonyl (C=O) groups excluding carboxylic acids is 1. The van der Waals surface area contributed by atoms with Gasteiger partial charge < -0.3 is 15.1 Å². The third kappa shape index (κ3) is 5.02. The van der Waals surface area contributed by atoms with Crippen LogP contribution in [0, 0.1) is 6.92 Å². The number of rotatable bonds is 5. The Hall–Kier alpha value is -1.98. The van der Waals surface area contributed by atoms with Crippen molar-refractivity contribution in [2.24, 2.45) is 0 Å². The smallest absolute Gasteiger partial charge is 0.237 e. The molecule has 2 aromatic carbocycles. The van der Waals surface area contributed by atoms with Crippen molar-refractivity contribution in [3.05, 3.63) is 54.1 Å². The fraction of sp³-hybridized carbons (Fsp3) is 0.381. The molecule has 0 spiro atoms. The lowest BCUT2D eigenvalue weighted by Crippen LogP contribution is -2.44. The van der Waals surface area contributed by atoms with Gasteiger partial charge in [0.15, 0.2) is 0 Å². The Balaban J connectivity index is 1.54. The summed E-state index contributed by atoms with van der Waals surface area (Å²) < 4.78 is 0. The number of nitrogens with zero attached hydrogens (tertiary/aromatic N) is 2. The van der Waals surface area contributed by atoms with E-state index >= 15 is 0 Å². The predicted molar refractivity (Wildman–Crippen MR) is 111 cm³/mol. The lowest BCUT2D eigenvalue weighted by atomic mass is 10.2. The Bertz CT molecular complexity index is 722. The summed E-state index contributed by atoms with van der Waals surface area (Å²) in [7, 11) is 2.16. The number of hydrogen-bond donors (Lipinski definition) is 1. The first-order valence-corrected chi connectivity index (χ1v) is 9.97. The highest BCUT2D eigenvalue weighted by Gasteiger charge is 2.16. The predicted octanol–water partition coefficient (Wildman–Crippen LogP) is 3.87. The van der Waals surface area contributed by atoms with E-state index in [0.29, 0.717) is 0 Å². The van der Waals surface area contributed by atoms with Gasteiger partial charge >= 0.3 is 0 Å². The monoisotopic (exact) mass is 369 g/mol. The summed E-state index contributed by atoms with van der Waals surface area (Å²) in [5, 5.41) is 2.88. The molecule has 0 bridgehead atoms. The number of hydrogen-bond acceptors (Lipinski definition) is 4. The summed E-state index contributed by atoms with van der Waals surface area (Å²) in [5.41, 5.74) is 3.30. The van der Waals surface area contributed by atoms with E-state index in [0.717, 1.165) is 36.8 Å². The maximum absolute atomic E-state index is 12.5. The third-order valence-electron chi connectivity index (χ3n) is 4.71. The van der Waals surface area contributed by atoms with Crippen molar-refractivity contribution in [2.45, 2.75) is 24.0 Å². The first kappa shape index (κ1) is 18.8. The topological polar surface area (TPSA) is 35.6 Å². The van der Waals surface area contributed by atoms with E-state index in [4.69, 9.17) is 0 Å². The molecule has 138 valence electrons. The number of amides is 1. The lowest BCUT2D eigenvalue weighted by molar-refractivity contribution is -0.115. The molecule has 0 saturated carbocycles. The minimum Gasteiger partial charge on any atom is -0.369 e. The standard InChI is InChI=1S/C21H27N3OS/c1-16-4-10-20(11-5-16)26-17(2)21(25)22-18-6-8-19(9-7-18)24-14-12-23(3)13-15-24/h4-11,17H,12-15H2,1-3H3,(H,22,25). The average Bonchev–Trinajstić information content (AvgIpc) is 2.65. The molecule has 1 amide bonds. The van der Waals surface area contributed by atoms with Crippen LogP contribution in [0.3, 0.4) is 0 Å². The number of benzene rings is 2. The van der Waals surface area contributed by atoms with Crippen molar-refractivity contribution in [1.29, 1.82) is 0 Å². The second-order valence-corrected chi connectivity index (χ2v) is 8.31. The Labute approximate surface area is 160 Å². The van der Waals surface area contributed by atoms with Gasteiger partial charge in [-0.25, -0.2) is 0 Å². The van der Waals surface area contributed by atoms with Crippen molar-refractivity contribution < 1.29 is 4.79 Å². The van der Waals surface area contributed by atoms with Crippen LogP contribution < -0.4 is 10.2 Å². The van der Waals surface area contributed by atoms with Crippen molar-refractivity contribution in [3.63, 3.8) is 0 Å². The van der Waals surface area contributed by atoms with Crippen LogP contribution in [0.25, 0.3) is 0 Å². The summed E-state index contributed by atoms with van der Waals surface area (Å²) >= 11 is 1.58. The molecule has 1 unspecified atom stereocenters. The Morgan fingerprint density at radius 2 is 1.62 bits per heavy atom. The van der Waals surface area contributed by atoms with E-state index < -0.39 is 0 Å². The van der Waals surface area contributed by atoms with Gasteiger partial charge in [-0.2, -0.15) is 0 Å². The van der Waals surface area contributed by atoms with Crippen molar-refractivity contribution in [2.75, 3.05) is 43.4 Å². The maximum Gasteiger partial charge on any atom is 0.237 e. The van der Waals surface area contributed by atoms with Gasteiger partial charge in [0, 0.05) is 42.4 Å². The third-order valence-corrected chi connectivity index (χ3v) is 5.82. The van der Waals surface area contributed by atoms with E-state index in [1.807, 2.05) is 19.1 Å². The van der Waals surface area contributed by atoms with Crippen LogP contribution in [0.15, 0.2) is 53.4 Å². The number of piperazine rings is 1. The molecule has 2 aromatic rings. The SMILES string of the molecule is Cc1ccc(SC(C)C(=O)Nc2ccc(N3CCN(C)CC3)cc2)cc1. The van der Waals surface area contributed by atoms with Gasteiger partial charge in [-0.1, -0.05) is 17.7 Å². The van der Waals surface area contributed by atoms with Crippen molar-refractivity contribution in [3.8, 4) is 0 Å². The molecule has 1 heterocycles. The highest BCUT2D eigenvalue weighted by Crippen LogP contribution is 2.25. The second-order valence-electron chi connectivity index (χ2n) is 6.90. The molecule has 1 atom stereocenters. The zero-order valence-electron chi connectivity index (χ0n) is 15.7. The van der Waals surface area contributed by atoms with Crippen LogP contribution in [0.1, 0.15) is 12.5 Å². The molecule has 1 aliphatic heterocycles. The second kappa shape index (κ2) is 8.60. The maximum atomic E-state index is 12.5. The highest BCUT2D eigenvalue weighted by molar-refractivity contribution is 8.00. The van der Waals surface area contributed by atoms with Gasteiger partial charge in [-0.3, -0.25) is 4.79 Å². The fourth-order valence-electron chi connectivity index (χ4n) is 2.94. The first-order valence-electron chi connectivity index (χ1n) is 9.09. The molecule has 1 aliphatic rings. The van der Waals surface area contributed by atoms with Gasteiger partial charge in [-0.05, 0) is 57.3 Å². The average molecular weight is 370 g/mol. The van der Waals surface area contributed by atoms with E-state index in [-0.39, 0.29) is 11.2 Å². The number of thioether (sulfide) groups is 1. The van der Waals surface area contributed by atoms with Crippen molar-refractivity contribution >= 4 is 29.0 Å². The Kier molecular flexibility index (Phi) is 6.22. The minimum atomic E-state index is -0.144. The van der Waals surface area contributed by atoms with Crippen LogP contribution in [-0.2, 0) is 4.79 Å². The Morgan fingerprint density at radius 1 is 1.00 bits per heavy atom. The highest BCUT2D eigenvalue weighted by atomic mass is 32.2. The summed E-state index contributed by atoms with van der Waals surface area (Å²) in [6, 6.07) is 16.5. The van der Waals surface area contributed by atoms with Crippen molar-refractivity contribution in [1.82, 2.24) is 4.90 Å². The molecule has 5 heteroatoms. The Morgan fingerprint density at radius 3 is 2.23 bits per heavy atom. The van der Waals surface area contributed by atoms with E-state index in [1.54, 1.807) is 11.8 Å². The molecule has 0 radical (unpaired) electrons. The van der Waals surface area contributed by atoms with Gasteiger partial charge in [-0.15, -0.1) is 11.8 Å². The molecule has 3 rings (SSSR count). The largest absolute Gasteiger partial charge is 0.369 e. The molecule has 26 heavy (non-hydrogen) atoms. The number of likely N-dealkylation sites (N-methyl/N-ethyl adjacent to an activating group) is 1. The van der Waals surface area contributed by atoms with Gasteiger partial charge in [0.1, 0.15) is 0 Å². The van der Waals surface area contributed by atoms with Gasteiger partial charge in [0.25, 0.3) is 0 Å².